The molecule has 0 spiro atoms. The molecule has 2 N–H and O–H groups in total. The minimum absolute atomic E-state index is 0.00126. The summed E-state index contributed by atoms with van der Waals surface area (Å²) in [5.74, 6) is -0.0358. The fourth-order valence-electron chi connectivity index (χ4n) is 2.42. The summed E-state index contributed by atoms with van der Waals surface area (Å²) in [7, 11) is 0. The Balaban J connectivity index is 2.72. The fraction of sp³-hybridized carbons (Fsp3) is 0.429. The normalized spacial score (nSPS) is 13.1. The smallest absolute Gasteiger partial charge is 0.337 e. The third-order valence-corrected chi connectivity index (χ3v) is 3.42. The highest BCUT2D eigenvalue weighted by molar-refractivity contribution is 6.01. The summed E-state index contributed by atoms with van der Waals surface area (Å²) in [5, 5.41) is 18.8. The molecule has 0 aliphatic carbocycles. The number of imidazole rings is 1. The third-order valence-electron chi connectivity index (χ3n) is 3.42. The van der Waals surface area contributed by atoms with Gasteiger partial charge in [-0.3, -0.25) is 0 Å². The maximum absolute atomic E-state index is 11.2. The highest BCUT2D eigenvalue weighted by Gasteiger charge is 2.21. The van der Waals surface area contributed by atoms with Gasteiger partial charge in [-0.2, -0.15) is 0 Å². The highest BCUT2D eigenvalue weighted by Crippen LogP contribution is 2.27. The van der Waals surface area contributed by atoms with E-state index in [4.69, 9.17) is 0 Å². The SMILES string of the molecule is Cc1nc2c(C(=O)O)cccc2n1C(CO)C(C)C. The van der Waals surface area contributed by atoms with Crippen LogP contribution in [0.3, 0.4) is 0 Å². The number of hydrogen-bond acceptors (Lipinski definition) is 3. The van der Waals surface area contributed by atoms with Gasteiger partial charge in [0.25, 0.3) is 0 Å². The predicted octanol–water partition coefficient (Wildman–Crippen LogP) is 2.23. The number of hydrogen-bond donors (Lipinski definition) is 2. The summed E-state index contributed by atoms with van der Waals surface area (Å²) in [4.78, 5) is 15.6. The number of aromatic nitrogens is 2. The van der Waals surface area contributed by atoms with Gasteiger partial charge >= 0.3 is 5.97 Å². The molecule has 102 valence electrons. The van der Waals surface area contributed by atoms with Crippen molar-refractivity contribution < 1.29 is 15.0 Å². The number of para-hydroxylation sites is 1. The third kappa shape index (κ3) is 2.21. The first kappa shape index (κ1) is 13.5. The quantitative estimate of drug-likeness (QED) is 0.886. The summed E-state index contributed by atoms with van der Waals surface area (Å²) < 4.78 is 1.92. The van der Waals surface area contributed by atoms with Crippen LogP contribution in [0.5, 0.6) is 0 Å². The van der Waals surface area contributed by atoms with Gasteiger partial charge in [-0.25, -0.2) is 9.78 Å². The maximum Gasteiger partial charge on any atom is 0.337 e. The molecule has 1 atom stereocenters. The van der Waals surface area contributed by atoms with E-state index < -0.39 is 5.97 Å². The number of aromatic carboxylic acids is 1. The minimum Gasteiger partial charge on any atom is -0.478 e. The zero-order valence-electron chi connectivity index (χ0n) is 11.3. The van der Waals surface area contributed by atoms with Crippen LogP contribution >= 0.6 is 0 Å². The Morgan fingerprint density at radius 1 is 1.42 bits per heavy atom. The molecule has 1 aromatic carbocycles. The minimum atomic E-state index is -0.986. The van der Waals surface area contributed by atoms with Gasteiger partial charge in [0.2, 0.25) is 0 Å². The molecular weight excluding hydrogens is 244 g/mol. The van der Waals surface area contributed by atoms with Crippen molar-refractivity contribution in [3.63, 3.8) is 0 Å². The molecule has 0 saturated carbocycles. The van der Waals surface area contributed by atoms with E-state index in [2.05, 4.69) is 4.98 Å². The summed E-state index contributed by atoms with van der Waals surface area (Å²) in [6.07, 6.45) is 0. The van der Waals surface area contributed by atoms with Gasteiger partial charge < -0.3 is 14.8 Å². The van der Waals surface area contributed by atoms with Crippen molar-refractivity contribution in [3.05, 3.63) is 29.6 Å². The highest BCUT2D eigenvalue weighted by atomic mass is 16.4. The molecule has 0 fully saturated rings. The topological polar surface area (TPSA) is 75.3 Å². The van der Waals surface area contributed by atoms with E-state index in [9.17, 15) is 15.0 Å². The molecule has 2 rings (SSSR count). The van der Waals surface area contributed by atoms with Gasteiger partial charge in [0.15, 0.2) is 0 Å². The van der Waals surface area contributed by atoms with Gasteiger partial charge in [-0.1, -0.05) is 19.9 Å². The van der Waals surface area contributed by atoms with Crippen molar-refractivity contribution >= 4 is 17.0 Å². The Morgan fingerprint density at radius 2 is 2.11 bits per heavy atom. The van der Waals surface area contributed by atoms with Crippen molar-refractivity contribution in [2.75, 3.05) is 6.61 Å². The number of aryl methyl sites for hydroxylation is 1. The molecule has 0 aliphatic rings. The molecule has 5 heteroatoms. The van der Waals surface area contributed by atoms with Crippen LogP contribution < -0.4 is 0 Å². The van der Waals surface area contributed by atoms with Crippen LogP contribution in [-0.2, 0) is 0 Å². The first-order chi connectivity index (χ1) is 8.97. The number of rotatable bonds is 4. The maximum atomic E-state index is 11.2. The zero-order chi connectivity index (χ0) is 14.2. The van der Waals surface area contributed by atoms with E-state index in [0.717, 1.165) is 11.3 Å². The first-order valence-corrected chi connectivity index (χ1v) is 6.29. The van der Waals surface area contributed by atoms with E-state index in [0.29, 0.717) is 5.52 Å². The van der Waals surface area contributed by atoms with Crippen LogP contribution in [0.1, 0.15) is 36.1 Å². The number of carbonyl (C=O) groups is 1. The lowest BCUT2D eigenvalue weighted by molar-refractivity contribution is 0.0699. The van der Waals surface area contributed by atoms with Gasteiger partial charge in [-0.05, 0) is 25.0 Å². The zero-order valence-corrected chi connectivity index (χ0v) is 11.3. The largest absolute Gasteiger partial charge is 0.478 e. The monoisotopic (exact) mass is 262 g/mol. The number of nitrogens with zero attached hydrogens (tertiary/aromatic N) is 2. The average Bonchev–Trinajstić information content (AvgIpc) is 2.66. The lowest BCUT2D eigenvalue weighted by Gasteiger charge is -2.22. The molecule has 0 saturated heterocycles. The molecule has 0 amide bonds. The number of aliphatic hydroxyl groups is 1. The lowest BCUT2D eigenvalue weighted by Crippen LogP contribution is -2.20. The molecule has 1 unspecified atom stereocenters. The number of carboxylic acid groups (broad SMARTS) is 1. The number of benzene rings is 1. The standard InChI is InChI=1S/C14H18N2O3/c1-8(2)12(7-17)16-9(3)15-13-10(14(18)19)5-4-6-11(13)16/h4-6,8,12,17H,7H2,1-3H3,(H,18,19). The Morgan fingerprint density at radius 3 is 2.63 bits per heavy atom. The predicted molar refractivity (Wildman–Crippen MR) is 72.4 cm³/mol. The van der Waals surface area contributed by atoms with E-state index in [1.807, 2.05) is 31.4 Å². The summed E-state index contributed by atoms with van der Waals surface area (Å²) >= 11 is 0. The Labute approximate surface area is 111 Å². The van der Waals surface area contributed by atoms with Crippen LogP contribution in [0.2, 0.25) is 0 Å². The van der Waals surface area contributed by atoms with Crippen molar-refractivity contribution in [2.45, 2.75) is 26.8 Å². The van der Waals surface area contributed by atoms with Crippen molar-refractivity contribution in [1.29, 1.82) is 0 Å². The Bertz CT molecular complexity index is 616. The molecule has 1 heterocycles. The van der Waals surface area contributed by atoms with Crippen LogP contribution in [0.25, 0.3) is 11.0 Å². The van der Waals surface area contributed by atoms with Crippen LogP contribution in [0, 0.1) is 12.8 Å². The van der Waals surface area contributed by atoms with E-state index in [-0.39, 0.29) is 24.1 Å². The number of fused-ring (bicyclic) bond motifs is 1. The van der Waals surface area contributed by atoms with Crippen LogP contribution in [0.4, 0.5) is 0 Å². The van der Waals surface area contributed by atoms with E-state index in [1.54, 1.807) is 12.1 Å². The van der Waals surface area contributed by atoms with Crippen LogP contribution in [-0.4, -0.2) is 32.3 Å². The summed E-state index contributed by atoms with van der Waals surface area (Å²) in [6.45, 7) is 5.87. The summed E-state index contributed by atoms with van der Waals surface area (Å²) in [5.41, 5.74) is 1.43. The second-order valence-corrected chi connectivity index (χ2v) is 5.00. The number of aliphatic hydroxyl groups excluding tert-OH is 1. The van der Waals surface area contributed by atoms with E-state index >= 15 is 0 Å². The molecule has 0 bridgehead atoms. The van der Waals surface area contributed by atoms with Crippen molar-refractivity contribution in [3.8, 4) is 0 Å². The van der Waals surface area contributed by atoms with Crippen molar-refractivity contribution in [2.24, 2.45) is 5.92 Å². The van der Waals surface area contributed by atoms with Gasteiger partial charge in [-0.15, -0.1) is 0 Å². The first-order valence-electron chi connectivity index (χ1n) is 6.29. The number of carboxylic acids is 1. The lowest BCUT2D eigenvalue weighted by atomic mass is 10.0. The molecular formula is C14H18N2O3. The molecule has 0 aliphatic heterocycles. The molecule has 0 radical (unpaired) electrons. The van der Waals surface area contributed by atoms with Gasteiger partial charge in [0.05, 0.1) is 23.7 Å². The van der Waals surface area contributed by atoms with Crippen molar-refractivity contribution in [1.82, 2.24) is 9.55 Å². The van der Waals surface area contributed by atoms with Crippen LogP contribution in [0.15, 0.2) is 18.2 Å². The van der Waals surface area contributed by atoms with Gasteiger partial charge in [0, 0.05) is 0 Å². The van der Waals surface area contributed by atoms with E-state index in [1.165, 1.54) is 0 Å². The average molecular weight is 262 g/mol. The fourth-order valence-corrected chi connectivity index (χ4v) is 2.42. The molecule has 1 aromatic heterocycles. The second kappa shape index (κ2) is 5.01. The molecule has 19 heavy (non-hydrogen) atoms. The Kier molecular flexibility index (Phi) is 3.57. The Hall–Kier alpha value is -1.88. The second-order valence-electron chi connectivity index (χ2n) is 5.00. The van der Waals surface area contributed by atoms with Gasteiger partial charge in [0.1, 0.15) is 11.3 Å². The summed E-state index contributed by atoms with van der Waals surface area (Å²) in [6, 6.07) is 4.99. The molecule has 5 nitrogen and oxygen atoms in total. The molecule has 2 aromatic rings.